The Morgan fingerprint density at radius 1 is 1.18 bits per heavy atom. The molecule has 0 unspecified atom stereocenters. The predicted molar refractivity (Wildman–Crippen MR) is 84.8 cm³/mol. The van der Waals surface area contributed by atoms with E-state index in [2.05, 4.69) is 5.32 Å². The van der Waals surface area contributed by atoms with Crippen LogP contribution in [-0.4, -0.2) is 19.1 Å². The second kappa shape index (κ2) is 8.29. The molecule has 0 fully saturated rings. The zero-order valence-corrected chi connectivity index (χ0v) is 12.6. The summed E-state index contributed by atoms with van der Waals surface area (Å²) in [6, 6.07) is 14.7. The van der Waals surface area contributed by atoms with Gasteiger partial charge >= 0.3 is 5.97 Å². The summed E-state index contributed by atoms with van der Waals surface area (Å²) in [5.74, 6) is -0.462. The van der Waals surface area contributed by atoms with E-state index in [1.807, 2.05) is 36.4 Å². The van der Waals surface area contributed by atoms with Crippen LogP contribution in [0.5, 0.6) is 0 Å². The van der Waals surface area contributed by atoms with Gasteiger partial charge in [-0.1, -0.05) is 42.5 Å². The Hall–Kier alpha value is -2.20. The lowest BCUT2D eigenvalue weighted by atomic mass is 10.0. The third kappa shape index (κ3) is 4.67. The van der Waals surface area contributed by atoms with Crippen molar-refractivity contribution in [2.24, 2.45) is 0 Å². The monoisotopic (exact) mass is 301 g/mol. The zero-order chi connectivity index (χ0) is 15.8. The quantitative estimate of drug-likeness (QED) is 0.628. The molecule has 0 aromatic heterocycles. The molecule has 0 saturated heterocycles. The number of esters is 1. The first-order chi connectivity index (χ1) is 10.7. The molecular weight excluding hydrogens is 281 g/mol. The SMILES string of the molecule is CCOC(=O)CCNCc1ccc(-c2ccccc2)c(F)c1. The zero-order valence-electron chi connectivity index (χ0n) is 12.6. The second-order valence-corrected chi connectivity index (χ2v) is 4.91. The van der Waals surface area contributed by atoms with E-state index in [0.29, 0.717) is 31.7 Å². The lowest BCUT2D eigenvalue weighted by Crippen LogP contribution is -2.19. The smallest absolute Gasteiger partial charge is 0.307 e. The van der Waals surface area contributed by atoms with E-state index in [1.54, 1.807) is 13.0 Å². The summed E-state index contributed by atoms with van der Waals surface area (Å²) in [5, 5.41) is 3.11. The van der Waals surface area contributed by atoms with Gasteiger partial charge in [-0.05, 0) is 24.1 Å². The number of nitrogens with one attached hydrogen (secondary N) is 1. The molecular formula is C18H20FNO2. The lowest BCUT2D eigenvalue weighted by Gasteiger charge is -2.08. The number of ether oxygens (including phenoxy) is 1. The molecule has 22 heavy (non-hydrogen) atoms. The van der Waals surface area contributed by atoms with Crippen LogP contribution in [0.1, 0.15) is 18.9 Å². The summed E-state index contributed by atoms with van der Waals surface area (Å²) in [5.41, 5.74) is 2.30. The minimum atomic E-state index is -0.240. The number of carbonyl (C=O) groups excluding carboxylic acids is 1. The number of benzene rings is 2. The van der Waals surface area contributed by atoms with Crippen LogP contribution in [0.4, 0.5) is 4.39 Å². The lowest BCUT2D eigenvalue weighted by molar-refractivity contribution is -0.142. The normalized spacial score (nSPS) is 10.5. The Balaban J connectivity index is 1.89. The van der Waals surface area contributed by atoms with Gasteiger partial charge in [0.1, 0.15) is 5.82 Å². The molecule has 2 rings (SSSR count). The standard InChI is InChI=1S/C18H20FNO2/c1-2-22-18(21)10-11-20-13-14-8-9-16(17(19)12-14)15-6-4-3-5-7-15/h3-9,12,20H,2,10-11,13H2,1H3. The fourth-order valence-electron chi connectivity index (χ4n) is 2.18. The van der Waals surface area contributed by atoms with Gasteiger partial charge in [0, 0.05) is 18.7 Å². The summed E-state index contributed by atoms with van der Waals surface area (Å²) in [6.45, 7) is 3.21. The van der Waals surface area contributed by atoms with Gasteiger partial charge < -0.3 is 10.1 Å². The van der Waals surface area contributed by atoms with E-state index in [1.165, 1.54) is 6.07 Å². The van der Waals surface area contributed by atoms with Crippen LogP contribution in [0.3, 0.4) is 0 Å². The summed E-state index contributed by atoms with van der Waals surface area (Å²) in [4.78, 5) is 11.2. The molecule has 0 bridgehead atoms. The van der Waals surface area contributed by atoms with E-state index in [0.717, 1.165) is 11.1 Å². The molecule has 0 atom stereocenters. The maximum Gasteiger partial charge on any atom is 0.307 e. The molecule has 3 nitrogen and oxygen atoms in total. The van der Waals surface area contributed by atoms with Crippen molar-refractivity contribution in [3.63, 3.8) is 0 Å². The van der Waals surface area contributed by atoms with Gasteiger partial charge in [0.05, 0.1) is 13.0 Å². The summed E-state index contributed by atoms with van der Waals surface area (Å²) >= 11 is 0. The highest BCUT2D eigenvalue weighted by Gasteiger charge is 2.06. The van der Waals surface area contributed by atoms with Crippen molar-refractivity contribution < 1.29 is 13.9 Å². The summed E-state index contributed by atoms with van der Waals surface area (Å²) in [7, 11) is 0. The van der Waals surface area contributed by atoms with Gasteiger partial charge in [-0.25, -0.2) is 4.39 Å². The average Bonchev–Trinajstić information content (AvgIpc) is 2.53. The van der Waals surface area contributed by atoms with Gasteiger partial charge in [-0.2, -0.15) is 0 Å². The Morgan fingerprint density at radius 3 is 2.64 bits per heavy atom. The van der Waals surface area contributed by atoms with Crippen molar-refractivity contribution in [2.75, 3.05) is 13.2 Å². The molecule has 116 valence electrons. The first kappa shape index (κ1) is 16.2. The van der Waals surface area contributed by atoms with E-state index >= 15 is 0 Å². The molecule has 0 amide bonds. The molecule has 2 aromatic carbocycles. The van der Waals surface area contributed by atoms with Crippen molar-refractivity contribution in [3.8, 4) is 11.1 Å². The molecule has 0 heterocycles. The van der Waals surface area contributed by atoms with Crippen LogP contribution in [0, 0.1) is 5.82 Å². The van der Waals surface area contributed by atoms with Crippen molar-refractivity contribution >= 4 is 5.97 Å². The van der Waals surface area contributed by atoms with E-state index in [4.69, 9.17) is 4.74 Å². The van der Waals surface area contributed by atoms with Crippen LogP contribution in [-0.2, 0) is 16.1 Å². The van der Waals surface area contributed by atoms with Crippen LogP contribution in [0.25, 0.3) is 11.1 Å². The van der Waals surface area contributed by atoms with E-state index in [9.17, 15) is 9.18 Å². The number of halogens is 1. The van der Waals surface area contributed by atoms with E-state index < -0.39 is 0 Å². The van der Waals surface area contributed by atoms with Gasteiger partial charge in [-0.15, -0.1) is 0 Å². The molecule has 0 spiro atoms. The number of hydrogen-bond donors (Lipinski definition) is 1. The molecule has 2 aromatic rings. The maximum absolute atomic E-state index is 14.2. The molecule has 0 saturated carbocycles. The first-order valence-electron chi connectivity index (χ1n) is 7.41. The molecule has 0 radical (unpaired) electrons. The summed E-state index contributed by atoms with van der Waals surface area (Å²) in [6.07, 6.45) is 0.318. The topological polar surface area (TPSA) is 38.3 Å². The average molecular weight is 301 g/mol. The molecule has 0 aliphatic heterocycles. The highest BCUT2D eigenvalue weighted by Crippen LogP contribution is 2.23. The van der Waals surface area contributed by atoms with Gasteiger partial charge in [0.15, 0.2) is 0 Å². The molecule has 1 N–H and O–H groups in total. The van der Waals surface area contributed by atoms with Crippen molar-refractivity contribution in [1.82, 2.24) is 5.32 Å². The minimum absolute atomic E-state index is 0.222. The number of carbonyl (C=O) groups is 1. The Labute approximate surface area is 130 Å². The fourth-order valence-corrected chi connectivity index (χ4v) is 2.18. The van der Waals surface area contributed by atoms with Crippen LogP contribution in [0.2, 0.25) is 0 Å². The molecule has 0 aliphatic carbocycles. The first-order valence-corrected chi connectivity index (χ1v) is 7.41. The number of hydrogen-bond acceptors (Lipinski definition) is 3. The Kier molecular flexibility index (Phi) is 6.10. The predicted octanol–water partition coefficient (Wildman–Crippen LogP) is 3.54. The van der Waals surface area contributed by atoms with Gasteiger partial charge in [-0.3, -0.25) is 4.79 Å². The van der Waals surface area contributed by atoms with Crippen LogP contribution in [0.15, 0.2) is 48.5 Å². The third-order valence-electron chi connectivity index (χ3n) is 3.26. The van der Waals surface area contributed by atoms with Crippen molar-refractivity contribution in [2.45, 2.75) is 19.9 Å². The van der Waals surface area contributed by atoms with Crippen LogP contribution >= 0.6 is 0 Å². The molecule has 4 heteroatoms. The highest BCUT2D eigenvalue weighted by atomic mass is 19.1. The minimum Gasteiger partial charge on any atom is -0.466 e. The van der Waals surface area contributed by atoms with Gasteiger partial charge in [0.2, 0.25) is 0 Å². The van der Waals surface area contributed by atoms with Crippen molar-refractivity contribution in [1.29, 1.82) is 0 Å². The summed E-state index contributed by atoms with van der Waals surface area (Å²) < 4.78 is 19.0. The highest BCUT2D eigenvalue weighted by molar-refractivity contribution is 5.69. The Morgan fingerprint density at radius 2 is 1.95 bits per heavy atom. The Bertz CT molecular complexity index is 614. The van der Waals surface area contributed by atoms with Crippen LogP contribution < -0.4 is 5.32 Å². The maximum atomic E-state index is 14.2. The largest absolute Gasteiger partial charge is 0.466 e. The number of rotatable bonds is 7. The fraction of sp³-hybridized carbons (Fsp3) is 0.278. The van der Waals surface area contributed by atoms with E-state index in [-0.39, 0.29) is 11.8 Å². The molecule has 0 aliphatic rings. The van der Waals surface area contributed by atoms with Gasteiger partial charge in [0.25, 0.3) is 0 Å². The third-order valence-corrected chi connectivity index (χ3v) is 3.26. The second-order valence-electron chi connectivity index (χ2n) is 4.91. The van der Waals surface area contributed by atoms with Crippen molar-refractivity contribution in [3.05, 3.63) is 59.9 Å².